The molecule has 104 valence electrons. The highest BCUT2D eigenvalue weighted by molar-refractivity contribution is 7.80. The fourth-order valence-corrected chi connectivity index (χ4v) is 2.20. The Bertz CT molecular complexity index is 286. The quantitative estimate of drug-likeness (QED) is 0.515. The van der Waals surface area contributed by atoms with Crippen molar-refractivity contribution in [2.75, 3.05) is 32.8 Å². The SMILES string of the molecule is CCNC(=O)C1COCCN1CCCCC(N)=S. The van der Waals surface area contributed by atoms with Gasteiger partial charge in [0.25, 0.3) is 0 Å². The minimum Gasteiger partial charge on any atom is -0.393 e. The van der Waals surface area contributed by atoms with E-state index in [1.165, 1.54) is 0 Å². The van der Waals surface area contributed by atoms with Crippen LogP contribution in [0.15, 0.2) is 0 Å². The first-order valence-corrected chi connectivity index (χ1v) is 6.93. The van der Waals surface area contributed by atoms with Gasteiger partial charge in [-0.05, 0) is 32.7 Å². The molecule has 1 atom stereocenters. The summed E-state index contributed by atoms with van der Waals surface area (Å²) in [5, 5.41) is 2.85. The van der Waals surface area contributed by atoms with Crippen LogP contribution in [-0.4, -0.2) is 54.7 Å². The second-order valence-corrected chi connectivity index (χ2v) is 4.97. The first kappa shape index (κ1) is 15.3. The van der Waals surface area contributed by atoms with Crippen molar-refractivity contribution in [3.63, 3.8) is 0 Å². The molecule has 6 heteroatoms. The Hall–Kier alpha value is -0.720. The maximum absolute atomic E-state index is 11.9. The molecule has 1 rings (SSSR count). The fourth-order valence-electron chi connectivity index (χ4n) is 2.05. The number of morpholine rings is 1. The molecule has 0 radical (unpaired) electrons. The lowest BCUT2D eigenvalue weighted by Gasteiger charge is -2.34. The standard InChI is InChI=1S/C12H23N3O2S/c1-2-14-12(16)10-9-17-8-7-15(10)6-4-3-5-11(13)18/h10H,2-9H2,1H3,(H2,13,18)(H,14,16). The van der Waals surface area contributed by atoms with Gasteiger partial charge < -0.3 is 15.8 Å². The van der Waals surface area contributed by atoms with E-state index >= 15 is 0 Å². The molecular weight excluding hydrogens is 250 g/mol. The monoisotopic (exact) mass is 273 g/mol. The number of nitrogens with zero attached hydrogens (tertiary/aromatic N) is 1. The van der Waals surface area contributed by atoms with Gasteiger partial charge in [-0.15, -0.1) is 0 Å². The predicted octanol–water partition coefficient (Wildman–Crippen LogP) is 0.280. The summed E-state index contributed by atoms with van der Waals surface area (Å²) in [5.41, 5.74) is 5.46. The number of amides is 1. The van der Waals surface area contributed by atoms with E-state index in [4.69, 9.17) is 22.7 Å². The van der Waals surface area contributed by atoms with Gasteiger partial charge in [0.2, 0.25) is 5.91 Å². The van der Waals surface area contributed by atoms with Gasteiger partial charge >= 0.3 is 0 Å². The third-order valence-corrected chi connectivity index (χ3v) is 3.22. The van der Waals surface area contributed by atoms with E-state index in [0.717, 1.165) is 32.4 Å². The van der Waals surface area contributed by atoms with Gasteiger partial charge in [-0.25, -0.2) is 0 Å². The third kappa shape index (κ3) is 5.29. The molecule has 1 unspecified atom stereocenters. The molecule has 1 aliphatic heterocycles. The molecule has 1 aliphatic rings. The van der Waals surface area contributed by atoms with Gasteiger partial charge in [0.05, 0.1) is 18.2 Å². The summed E-state index contributed by atoms with van der Waals surface area (Å²) in [6.07, 6.45) is 2.77. The number of carbonyl (C=O) groups excluding carboxylic acids is 1. The molecule has 0 spiro atoms. The van der Waals surface area contributed by atoms with Gasteiger partial charge in [0.15, 0.2) is 0 Å². The van der Waals surface area contributed by atoms with E-state index in [2.05, 4.69) is 10.2 Å². The smallest absolute Gasteiger partial charge is 0.239 e. The average molecular weight is 273 g/mol. The Morgan fingerprint density at radius 2 is 2.33 bits per heavy atom. The van der Waals surface area contributed by atoms with Crippen molar-refractivity contribution in [2.45, 2.75) is 32.2 Å². The first-order valence-electron chi connectivity index (χ1n) is 6.53. The van der Waals surface area contributed by atoms with Gasteiger partial charge in [0.1, 0.15) is 6.04 Å². The van der Waals surface area contributed by atoms with Crippen LogP contribution < -0.4 is 11.1 Å². The zero-order valence-electron chi connectivity index (χ0n) is 11.0. The van der Waals surface area contributed by atoms with E-state index in [1.807, 2.05) is 6.92 Å². The highest BCUT2D eigenvalue weighted by Gasteiger charge is 2.28. The summed E-state index contributed by atoms with van der Waals surface area (Å²) in [6.45, 7) is 5.48. The van der Waals surface area contributed by atoms with Crippen LogP contribution in [0.2, 0.25) is 0 Å². The molecule has 0 aromatic carbocycles. The molecule has 0 bridgehead atoms. The Labute approximate surface area is 114 Å². The molecule has 5 nitrogen and oxygen atoms in total. The van der Waals surface area contributed by atoms with Gasteiger partial charge in [-0.3, -0.25) is 9.69 Å². The molecular formula is C12H23N3O2S. The van der Waals surface area contributed by atoms with Crippen LogP contribution in [0.25, 0.3) is 0 Å². The van der Waals surface area contributed by atoms with Crippen molar-refractivity contribution in [3.8, 4) is 0 Å². The van der Waals surface area contributed by atoms with Crippen LogP contribution in [0, 0.1) is 0 Å². The number of nitrogens with one attached hydrogen (secondary N) is 1. The van der Waals surface area contributed by atoms with Gasteiger partial charge in [-0.2, -0.15) is 0 Å². The lowest BCUT2D eigenvalue weighted by Crippen LogP contribution is -2.53. The largest absolute Gasteiger partial charge is 0.393 e. The Morgan fingerprint density at radius 3 is 3.00 bits per heavy atom. The maximum Gasteiger partial charge on any atom is 0.239 e. The van der Waals surface area contributed by atoms with E-state index < -0.39 is 0 Å². The second-order valence-electron chi connectivity index (χ2n) is 4.44. The molecule has 0 saturated carbocycles. The number of carbonyl (C=O) groups is 1. The maximum atomic E-state index is 11.9. The number of thiocarbonyl (C=S) groups is 1. The lowest BCUT2D eigenvalue weighted by atomic mass is 10.1. The van der Waals surface area contributed by atoms with Crippen molar-refractivity contribution in [3.05, 3.63) is 0 Å². The molecule has 1 heterocycles. The summed E-state index contributed by atoms with van der Waals surface area (Å²) in [7, 11) is 0. The number of rotatable bonds is 7. The zero-order chi connectivity index (χ0) is 13.4. The van der Waals surface area contributed by atoms with Crippen molar-refractivity contribution in [1.82, 2.24) is 10.2 Å². The van der Waals surface area contributed by atoms with Crippen molar-refractivity contribution < 1.29 is 9.53 Å². The van der Waals surface area contributed by atoms with Gasteiger partial charge in [-0.1, -0.05) is 12.2 Å². The Morgan fingerprint density at radius 1 is 1.56 bits per heavy atom. The predicted molar refractivity (Wildman–Crippen MR) is 75.5 cm³/mol. The minimum absolute atomic E-state index is 0.0616. The van der Waals surface area contributed by atoms with Crippen LogP contribution in [0.5, 0.6) is 0 Å². The minimum atomic E-state index is -0.150. The second kappa shape index (κ2) is 8.39. The van der Waals surface area contributed by atoms with E-state index in [0.29, 0.717) is 24.7 Å². The summed E-state index contributed by atoms with van der Waals surface area (Å²) in [5.74, 6) is 0.0616. The van der Waals surface area contributed by atoms with Crippen LogP contribution in [0.4, 0.5) is 0 Å². The van der Waals surface area contributed by atoms with Crippen molar-refractivity contribution in [1.29, 1.82) is 0 Å². The van der Waals surface area contributed by atoms with Gasteiger partial charge in [0, 0.05) is 13.1 Å². The van der Waals surface area contributed by atoms with Crippen molar-refractivity contribution in [2.24, 2.45) is 5.73 Å². The Kier molecular flexibility index (Phi) is 7.15. The molecule has 1 saturated heterocycles. The molecule has 3 N–H and O–H groups in total. The number of nitrogens with two attached hydrogens (primary N) is 1. The molecule has 1 fully saturated rings. The van der Waals surface area contributed by atoms with E-state index in [9.17, 15) is 4.79 Å². The summed E-state index contributed by atoms with van der Waals surface area (Å²) < 4.78 is 5.38. The normalized spacial score (nSPS) is 20.6. The van der Waals surface area contributed by atoms with E-state index in [-0.39, 0.29) is 11.9 Å². The van der Waals surface area contributed by atoms with Crippen LogP contribution in [-0.2, 0) is 9.53 Å². The first-order chi connectivity index (χ1) is 8.65. The molecule has 0 aromatic rings. The van der Waals surface area contributed by atoms with Crippen LogP contribution >= 0.6 is 12.2 Å². The molecule has 0 aromatic heterocycles. The molecule has 1 amide bonds. The number of hydrogen-bond acceptors (Lipinski definition) is 4. The highest BCUT2D eigenvalue weighted by Crippen LogP contribution is 2.09. The Balaban J connectivity index is 2.34. The number of hydrogen-bond donors (Lipinski definition) is 2. The summed E-state index contributed by atoms with van der Waals surface area (Å²) in [6, 6.07) is -0.150. The average Bonchev–Trinajstić information content (AvgIpc) is 2.35. The number of ether oxygens (including phenoxy) is 1. The lowest BCUT2D eigenvalue weighted by molar-refractivity contribution is -0.132. The summed E-state index contributed by atoms with van der Waals surface area (Å²) >= 11 is 4.84. The summed E-state index contributed by atoms with van der Waals surface area (Å²) in [4.78, 5) is 14.6. The van der Waals surface area contributed by atoms with Crippen LogP contribution in [0.3, 0.4) is 0 Å². The zero-order valence-corrected chi connectivity index (χ0v) is 11.8. The molecule has 18 heavy (non-hydrogen) atoms. The van der Waals surface area contributed by atoms with E-state index in [1.54, 1.807) is 0 Å². The number of likely N-dealkylation sites (N-methyl/N-ethyl adjacent to an activating group) is 1. The molecule has 0 aliphatic carbocycles. The fraction of sp³-hybridized carbons (Fsp3) is 0.833. The third-order valence-electron chi connectivity index (χ3n) is 3.01. The highest BCUT2D eigenvalue weighted by atomic mass is 32.1. The van der Waals surface area contributed by atoms with Crippen molar-refractivity contribution >= 4 is 23.1 Å². The van der Waals surface area contributed by atoms with Crippen LogP contribution in [0.1, 0.15) is 26.2 Å². The topological polar surface area (TPSA) is 67.6 Å². The number of unbranched alkanes of at least 4 members (excludes halogenated alkanes) is 1.